The van der Waals surface area contributed by atoms with Gasteiger partial charge in [-0.2, -0.15) is 0 Å². The molecule has 0 radical (unpaired) electrons. The number of piperidine rings is 1. The Labute approximate surface area is 147 Å². The first-order chi connectivity index (χ1) is 9.63. The molecule has 0 aromatic carbocycles. The summed E-state index contributed by atoms with van der Waals surface area (Å²) in [5.74, 6) is 2.93. The normalized spacial score (nSPS) is 24.5. The Kier molecular flexibility index (Phi) is 8.94. The summed E-state index contributed by atoms with van der Waals surface area (Å²) in [5, 5.41) is 3.28. The van der Waals surface area contributed by atoms with E-state index in [0.29, 0.717) is 11.9 Å². The van der Waals surface area contributed by atoms with Crippen LogP contribution in [0.5, 0.6) is 0 Å². The van der Waals surface area contributed by atoms with Crippen molar-refractivity contribution in [2.75, 3.05) is 32.7 Å². The van der Waals surface area contributed by atoms with E-state index >= 15 is 0 Å². The maximum atomic E-state index is 5.96. The van der Waals surface area contributed by atoms with E-state index in [4.69, 9.17) is 5.73 Å². The summed E-state index contributed by atoms with van der Waals surface area (Å²) >= 11 is 0. The number of nitrogens with one attached hydrogen (secondary N) is 1. The number of hydrogen-bond donors (Lipinski definition) is 2. The van der Waals surface area contributed by atoms with E-state index in [1.54, 1.807) is 0 Å². The van der Waals surface area contributed by atoms with Gasteiger partial charge in [0.2, 0.25) is 0 Å². The fourth-order valence-corrected chi connectivity index (χ4v) is 3.21. The van der Waals surface area contributed by atoms with Crippen molar-refractivity contribution in [3.63, 3.8) is 0 Å². The minimum atomic E-state index is 0. The minimum absolute atomic E-state index is 0. The van der Waals surface area contributed by atoms with Crippen molar-refractivity contribution in [3.05, 3.63) is 0 Å². The summed E-state index contributed by atoms with van der Waals surface area (Å²) < 4.78 is 0. The van der Waals surface area contributed by atoms with Crippen molar-refractivity contribution < 1.29 is 0 Å². The highest BCUT2D eigenvalue weighted by Gasteiger charge is 2.20. The second-order valence-electron chi connectivity index (χ2n) is 7.07. The Morgan fingerprint density at radius 1 is 1.24 bits per heavy atom. The smallest absolute Gasteiger partial charge is 0.188 e. The van der Waals surface area contributed by atoms with Crippen LogP contribution >= 0.6 is 24.0 Å². The van der Waals surface area contributed by atoms with Gasteiger partial charge in [0, 0.05) is 26.2 Å². The van der Waals surface area contributed by atoms with Gasteiger partial charge in [0.05, 0.1) is 0 Å². The first-order valence-electron chi connectivity index (χ1n) is 8.39. The molecule has 1 saturated heterocycles. The Morgan fingerprint density at radius 2 is 1.95 bits per heavy atom. The standard InChI is InChI=1S/C16H32N4.HI/c1-13(2)11-20-8-4-7-15(12-20)10-19-16(17)18-9-14-5-3-6-14;/h13-15H,3-12H2,1-2H3,(H3,17,18,19);1H. The molecule has 1 aliphatic carbocycles. The number of aliphatic imine (C=N–C) groups is 1. The molecule has 1 unspecified atom stereocenters. The van der Waals surface area contributed by atoms with E-state index in [0.717, 1.165) is 24.9 Å². The molecule has 4 nitrogen and oxygen atoms in total. The SMILES string of the molecule is CC(C)CN1CCCC(CN=C(N)NCC2CCC2)C1.I. The van der Waals surface area contributed by atoms with Gasteiger partial charge in [0.15, 0.2) is 5.96 Å². The number of rotatable bonds is 6. The van der Waals surface area contributed by atoms with Crippen LogP contribution in [0.2, 0.25) is 0 Å². The van der Waals surface area contributed by atoms with Crippen LogP contribution < -0.4 is 11.1 Å². The first-order valence-corrected chi connectivity index (χ1v) is 8.39. The molecule has 0 bridgehead atoms. The summed E-state index contributed by atoms with van der Waals surface area (Å²) in [5.41, 5.74) is 5.96. The third-order valence-corrected chi connectivity index (χ3v) is 4.54. The van der Waals surface area contributed by atoms with Crippen LogP contribution in [0.1, 0.15) is 46.0 Å². The van der Waals surface area contributed by atoms with Crippen molar-refractivity contribution in [2.45, 2.75) is 46.0 Å². The molecule has 21 heavy (non-hydrogen) atoms. The molecule has 1 heterocycles. The fourth-order valence-electron chi connectivity index (χ4n) is 3.21. The summed E-state index contributed by atoms with van der Waals surface area (Å²) in [6, 6.07) is 0. The molecule has 3 N–H and O–H groups in total. The highest BCUT2D eigenvalue weighted by Crippen LogP contribution is 2.25. The van der Waals surface area contributed by atoms with E-state index in [1.807, 2.05) is 0 Å². The van der Waals surface area contributed by atoms with Gasteiger partial charge in [-0.3, -0.25) is 4.99 Å². The van der Waals surface area contributed by atoms with Gasteiger partial charge < -0.3 is 16.0 Å². The number of hydrogen-bond acceptors (Lipinski definition) is 2. The average molecular weight is 408 g/mol. The molecule has 5 heteroatoms. The van der Waals surface area contributed by atoms with Gasteiger partial charge in [0.1, 0.15) is 0 Å². The van der Waals surface area contributed by atoms with Crippen LogP contribution in [-0.2, 0) is 0 Å². The van der Waals surface area contributed by atoms with Crippen molar-refractivity contribution >= 4 is 29.9 Å². The van der Waals surface area contributed by atoms with E-state index in [9.17, 15) is 0 Å². The Bertz CT molecular complexity index is 315. The quantitative estimate of drug-likeness (QED) is 0.404. The van der Waals surface area contributed by atoms with E-state index < -0.39 is 0 Å². The third kappa shape index (κ3) is 7.17. The van der Waals surface area contributed by atoms with Gasteiger partial charge in [-0.25, -0.2) is 0 Å². The molecule has 0 amide bonds. The zero-order chi connectivity index (χ0) is 14.4. The zero-order valence-electron chi connectivity index (χ0n) is 13.7. The van der Waals surface area contributed by atoms with Crippen LogP contribution in [0.4, 0.5) is 0 Å². The molecule has 1 saturated carbocycles. The van der Waals surface area contributed by atoms with Crippen LogP contribution in [-0.4, -0.2) is 43.6 Å². The van der Waals surface area contributed by atoms with E-state index in [1.165, 1.54) is 51.7 Å². The van der Waals surface area contributed by atoms with Crippen molar-refractivity contribution in [1.29, 1.82) is 0 Å². The lowest BCUT2D eigenvalue weighted by atomic mass is 9.85. The number of halogens is 1. The molecule has 1 atom stereocenters. The summed E-state index contributed by atoms with van der Waals surface area (Å²) in [4.78, 5) is 7.14. The van der Waals surface area contributed by atoms with Crippen molar-refractivity contribution in [1.82, 2.24) is 10.2 Å². The predicted molar refractivity (Wildman–Crippen MR) is 101 cm³/mol. The highest BCUT2D eigenvalue weighted by molar-refractivity contribution is 14.0. The Balaban J connectivity index is 0.00000220. The second-order valence-corrected chi connectivity index (χ2v) is 7.07. The zero-order valence-corrected chi connectivity index (χ0v) is 16.0. The molecule has 0 aromatic heterocycles. The van der Waals surface area contributed by atoms with Gasteiger partial charge in [-0.15, -0.1) is 24.0 Å². The topological polar surface area (TPSA) is 53.6 Å². The minimum Gasteiger partial charge on any atom is -0.370 e. The molecular formula is C16H33IN4. The lowest BCUT2D eigenvalue weighted by molar-refractivity contribution is 0.162. The third-order valence-electron chi connectivity index (χ3n) is 4.54. The van der Waals surface area contributed by atoms with Crippen LogP contribution in [0.25, 0.3) is 0 Å². The molecule has 0 spiro atoms. The molecule has 2 aliphatic rings. The van der Waals surface area contributed by atoms with Crippen molar-refractivity contribution in [2.24, 2.45) is 28.5 Å². The highest BCUT2D eigenvalue weighted by atomic mass is 127. The number of nitrogens with two attached hydrogens (primary N) is 1. The lowest BCUT2D eigenvalue weighted by Gasteiger charge is -2.33. The first kappa shape index (κ1) is 19.0. The molecule has 2 fully saturated rings. The van der Waals surface area contributed by atoms with E-state index in [-0.39, 0.29) is 24.0 Å². The fraction of sp³-hybridized carbons (Fsp3) is 0.938. The van der Waals surface area contributed by atoms with E-state index in [2.05, 4.69) is 29.1 Å². The van der Waals surface area contributed by atoms with Crippen LogP contribution in [0.3, 0.4) is 0 Å². The van der Waals surface area contributed by atoms with Gasteiger partial charge in [-0.1, -0.05) is 20.3 Å². The Morgan fingerprint density at radius 3 is 2.57 bits per heavy atom. The lowest BCUT2D eigenvalue weighted by Crippen LogP contribution is -2.40. The maximum absolute atomic E-state index is 5.96. The Hall–Kier alpha value is -0.0400. The van der Waals surface area contributed by atoms with Crippen LogP contribution in [0, 0.1) is 17.8 Å². The predicted octanol–water partition coefficient (Wildman–Crippen LogP) is 2.68. The molecule has 2 rings (SSSR count). The van der Waals surface area contributed by atoms with Crippen LogP contribution in [0.15, 0.2) is 4.99 Å². The molecular weight excluding hydrogens is 375 g/mol. The molecule has 0 aromatic rings. The number of guanidine groups is 1. The van der Waals surface area contributed by atoms with Gasteiger partial charge in [-0.05, 0) is 50.0 Å². The summed E-state index contributed by atoms with van der Waals surface area (Å²) in [6.45, 7) is 10.2. The maximum Gasteiger partial charge on any atom is 0.188 e. The van der Waals surface area contributed by atoms with Crippen molar-refractivity contribution in [3.8, 4) is 0 Å². The molecule has 1 aliphatic heterocycles. The summed E-state index contributed by atoms with van der Waals surface area (Å²) in [7, 11) is 0. The summed E-state index contributed by atoms with van der Waals surface area (Å²) in [6.07, 6.45) is 6.70. The largest absolute Gasteiger partial charge is 0.370 e. The van der Waals surface area contributed by atoms with Gasteiger partial charge >= 0.3 is 0 Å². The number of nitrogens with zero attached hydrogens (tertiary/aromatic N) is 2. The second kappa shape index (κ2) is 9.87. The number of likely N-dealkylation sites (tertiary alicyclic amines) is 1. The monoisotopic (exact) mass is 408 g/mol. The van der Waals surface area contributed by atoms with Gasteiger partial charge in [0.25, 0.3) is 0 Å². The molecule has 124 valence electrons. The average Bonchev–Trinajstić information content (AvgIpc) is 2.34.